The first-order valence-corrected chi connectivity index (χ1v) is 9.41. The SMILES string of the molecule is Cc1noc([C@H]2CCCN(CC(OC(=O)Nc3ccc(Cl)cc3)C(F)(F)F)C2)n1.Cl. The van der Waals surface area contributed by atoms with Crippen molar-refractivity contribution in [1.29, 1.82) is 0 Å². The Morgan fingerprint density at radius 1 is 1.40 bits per heavy atom. The van der Waals surface area contributed by atoms with E-state index < -0.39 is 24.9 Å². The van der Waals surface area contributed by atoms with Crippen LogP contribution in [0.1, 0.15) is 30.5 Å². The summed E-state index contributed by atoms with van der Waals surface area (Å²) in [5.74, 6) is 0.742. The number of benzene rings is 1. The molecule has 1 unspecified atom stereocenters. The van der Waals surface area contributed by atoms with Crippen LogP contribution >= 0.6 is 24.0 Å². The van der Waals surface area contributed by atoms with E-state index in [2.05, 4.69) is 15.5 Å². The molecule has 1 aliphatic rings. The molecule has 166 valence electrons. The Bertz CT molecular complexity index is 833. The third kappa shape index (κ3) is 6.75. The summed E-state index contributed by atoms with van der Waals surface area (Å²) in [7, 11) is 0. The fourth-order valence-electron chi connectivity index (χ4n) is 3.15. The first kappa shape index (κ1) is 24.2. The number of hydrogen-bond donors (Lipinski definition) is 1. The van der Waals surface area contributed by atoms with Crippen molar-refractivity contribution < 1.29 is 27.2 Å². The van der Waals surface area contributed by atoms with Crippen LogP contribution in [-0.4, -0.2) is 53.0 Å². The monoisotopic (exact) mass is 468 g/mol. The van der Waals surface area contributed by atoms with Gasteiger partial charge in [-0.3, -0.25) is 10.2 Å². The van der Waals surface area contributed by atoms with E-state index in [-0.39, 0.29) is 24.0 Å². The van der Waals surface area contributed by atoms with Crippen molar-refractivity contribution in [3.05, 3.63) is 41.0 Å². The van der Waals surface area contributed by atoms with Gasteiger partial charge in [0, 0.05) is 23.8 Å². The molecule has 1 fully saturated rings. The smallest absolute Gasteiger partial charge is 0.426 e. The van der Waals surface area contributed by atoms with Gasteiger partial charge in [0.2, 0.25) is 12.0 Å². The van der Waals surface area contributed by atoms with E-state index in [1.165, 1.54) is 24.3 Å². The minimum absolute atomic E-state index is 0. The molecular weight excluding hydrogens is 448 g/mol. The zero-order valence-electron chi connectivity index (χ0n) is 16.0. The van der Waals surface area contributed by atoms with Crippen molar-refractivity contribution in [2.24, 2.45) is 0 Å². The molecule has 30 heavy (non-hydrogen) atoms. The van der Waals surface area contributed by atoms with E-state index in [1.54, 1.807) is 11.8 Å². The summed E-state index contributed by atoms with van der Waals surface area (Å²) in [4.78, 5) is 17.7. The van der Waals surface area contributed by atoms with Crippen molar-refractivity contribution in [3.63, 3.8) is 0 Å². The normalized spacial score (nSPS) is 18.4. The number of nitrogens with one attached hydrogen (secondary N) is 1. The number of aryl methyl sites for hydroxylation is 1. The number of rotatable bonds is 5. The second-order valence-electron chi connectivity index (χ2n) is 6.85. The highest BCUT2D eigenvalue weighted by molar-refractivity contribution is 6.30. The van der Waals surface area contributed by atoms with Crippen molar-refractivity contribution in [2.75, 3.05) is 25.0 Å². The van der Waals surface area contributed by atoms with Gasteiger partial charge >= 0.3 is 12.3 Å². The van der Waals surface area contributed by atoms with Crippen LogP contribution in [0.5, 0.6) is 0 Å². The third-order valence-electron chi connectivity index (χ3n) is 4.53. The van der Waals surface area contributed by atoms with Crippen molar-refractivity contribution in [2.45, 2.75) is 38.0 Å². The van der Waals surface area contributed by atoms with Gasteiger partial charge in [0.1, 0.15) is 0 Å². The van der Waals surface area contributed by atoms with Crippen LogP contribution in [-0.2, 0) is 4.74 Å². The minimum atomic E-state index is -4.70. The van der Waals surface area contributed by atoms with E-state index in [0.29, 0.717) is 36.2 Å². The van der Waals surface area contributed by atoms with Gasteiger partial charge in [0.25, 0.3) is 0 Å². The zero-order valence-corrected chi connectivity index (χ0v) is 17.6. The molecule has 0 radical (unpaired) electrons. The minimum Gasteiger partial charge on any atom is -0.435 e. The highest BCUT2D eigenvalue weighted by Gasteiger charge is 2.44. The second-order valence-corrected chi connectivity index (χ2v) is 7.28. The van der Waals surface area contributed by atoms with Crippen molar-refractivity contribution >= 4 is 35.8 Å². The molecular formula is C18H21Cl2F3N4O3. The Labute approximate surface area is 182 Å². The quantitative estimate of drug-likeness (QED) is 0.677. The van der Waals surface area contributed by atoms with E-state index in [4.69, 9.17) is 20.9 Å². The average molecular weight is 469 g/mol. The fraction of sp³-hybridized carbons (Fsp3) is 0.500. The van der Waals surface area contributed by atoms with E-state index in [1.807, 2.05) is 0 Å². The first-order chi connectivity index (χ1) is 13.7. The number of amides is 1. The first-order valence-electron chi connectivity index (χ1n) is 9.03. The summed E-state index contributed by atoms with van der Waals surface area (Å²) < 4.78 is 50.2. The van der Waals surface area contributed by atoms with Crippen LogP contribution < -0.4 is 5.32 Å². The number of anilines is 1. The number of aromatic nitrogens is 2. The Morgan fingerprint density at radius 3 is 2.70 bits per heavy atom. The molecule has 0 spiro atoms. The Morgan fingerprint density at radius 2 is 2.10 bits per heavy atom. The molecule has 1 N–H and O–H groups in total. The van der Waals surface area contributed by atoms with Crippen LogP contribution in [0.25, 0.3) is 0 Å². The van der Waals surface area contributed by atoms with Crippen LogP contribution in [0.15, 0.2) is 28.8 Å². The second kappa shape index (κ2) is 10.3. The summed E-state index contributed by atoms with van der Waals surface area (Å²) in [6, 6.07) is 5.94. The number of hydrogen-bond acceptors (Lipinski definition) is 6. The number of carbonyl (C=O) groups excluding carboxylic acids is 1. The molecule has 12 heteroatoms. The fourth-order valence-corrected chi connectivity index (χ4v) is 3.28. The third-order valence-corrected chi connectivity index (χ3v) is 4.78. The largest absolute Gasteiger partial charge is 0.435 e. The predicted octanol–water partition coefficient (Wildman–Crippen LogP) is 4.81. The molecule has 1 aliphatic heterocycles. The lowest BCUT2D eigenvalue weighted by atomic mass is 9.97. The van der Waals surface area contributed by atoms with E-state index >= 15 is 0 Å². The zero-order chi connectivity index (χ0) is 21.0. The summed E-state index contributed by atoms with van der Waals surface area (Å²) in [5, 5.41) is 6.44. The topological polar surface area (TPSA) is 80.5 Å². The molecule has 1 saturated heterocycles. The molecule has 0 bridgehead atoms. The molecule has 1 aromatic carbocycles. The van der Waals surface area contributed by atoms with Crippen LogP contribution in [0.4, 0.5) is 23.7 Å². The van der Waals surface area contributed by atoms with Gasteiger partial charge in [-0.15, -0.1) is 12.4 Å². The lowest BCUT2D eigenvalue weighted by molar-refractivity contribution is -0.207. The number of halogens is 5. The average Bonchev–Trinajstić information content (AvgIpc) is 3.09. The summed E-state index contributed by atoms with van der Waals surface area (Å²) in [6.07, 6.45) is -6.74. The Hall–Kier alpha value is -2.04. The molecule has 1 amide bonds. The maximum atomic E-state index is 13.5. The highest BCUT2D eigenvalue weighted by atomic mass is 35.5. The van der Waals surface area contributed by atoms with Gasteiger partial charge in [-0.25, -0.2) is 4.79 Å². The molecule has 2 atom stereocenters. The Balaban J connectivity index is 0.00000320. The lowest BCUT2D eigenvalue weighted by Gasteiger charge is -2.33. The van der Waals surface area contributed by atoms with Gasteiger partial charge in [-0.1, -0.05) is 16.8 Å². The summed E-state index contributed by atoms with van der Waals surface area (Å²) in [6.45, 7) is 1.98. The van der Waals surface area contributed by atoms with Crippen LogP contribution in [0.3, 0.4) is 0 Å². The molecule has 2 aromatic rings. The highest BCUT2D eigenvalue weighted by Crippen LogP contribution is 2.29. The number of alkyl halides is 3. The summed E-state index contributed by atoms with van der Waals surface area (Å²) in [5.41, 5.74) is 0.283. The molecule has 0 saturated carbocycles. The van der Waals surface area contributed by atoms with Gasteiger partial charge in [0.05, 0.1) is 5.92 Å². The van der Waals surface area contributed by atoms with Gasteiger partial charge in [-0.2, -0.15) is 18.2 Å². The molecule has 2 heterocycles. The van der Waals surface area contributed by atoms with Crippen molar-refractivity contribution in [3.8, 4) is 0 Å². The summed E-state index contributed by atoms with van der Waals surface area (Å²) >= 11 is 5.74. The van der Waals surface area contributed by atoms with Gasteiger partial charge < -0.3 is 9.26 Å². The van der Waals surface area contributed by atoms with Crippen molar-refractivity contribution in [1.82, 2.24) is 15.0 Å². The predicted molar refractivity (Wildman–Crippen MR) is 106 cm³/mol. The van der Waals surface area contributed by atoms with Crippen LogP contribution in [0, 0.1) is 6.92 Å². The maximum absolute atomic E-state index is 13.5. The van der Waals surface area contributed by atoms with E-state index in [9.17, 15) is 18.0 Å². The molecule has 1 aromatic heterocycles. The Kier molecular flexibility index (Phi) is 8.34. The maximum Gasteiger partial charge on any atom is 0.426 e. The molecule has 7 nitrogen and oxygen atoms in total. The number of carbonyl (C=O) groups is 1. The molecule has 0 aliphatic carbocycles. The van der Waals surface area contributed by atoms with Gasteiger partial charge in [-0.05, 0) is 50.6 Å². The number of piperidine rings is 1. The number of nitrogens with zero attached hydrogens (tertiary/aromatic N) is 3. The standard InChI is InChI=1S/C18H20ClF3N4O3.ClH/c1-11-23-16(29-25-11)12-3-2-8-26(9-12)10-15(18(20,21)22)28-17(27)24-14-6-4-13(19)5-7-14;/h4-7,12,15H,2-3,8-10H2,1H3,(H,24,27);1H/t12-,15?;/m0./s1. The lowest BCUT2D eigenvalue weighted by Crippen LogP contribution is -2.47. The number of likely N-dealkylation sites (tertiary alicyclic amines) is 1. The molecule has 3 rings (SSSR count). The van der Waals surface area contributed by atoms with E-state index in [0.717, 1.165) is 6.42 Å². The van der Waals surface area contributed by atoms with Gasteiger partial charge in [0.15, 0.2) is 5.82 Å². The number of ether oxygens (including phenoxy) is 1. The van der Waals surface area contributed by atoms with Crippen LogP contribution in [0.2, 0.25) is 5.02 Å².